The molecule has 2 aliphatic rings. The molecular weight excluding hydrogens is 378 g/mol. The molecule has 28 heavy (non-hydrogen) atoms. The Morgan fingerprint density at radius 2 is 1.89 bits per heavy atom. The molecule has 14 nitrogen and oxygen atoms in total. The van der Waals surface area contributed by atoms with Gasteiger partial charge in [0, 0.05) is 22.3 Å². The number of aliphatic hydroxyl groups excluding tert-OH is 5. The zero-order chi connectivity index (χ0) is 21.1. The molecule has 14 heteroatoms. The summed E-state index contributed by atoms with van der Waals surface area (Å²) in [5.41, 5.74) is 21.7. The zero-order valence-corrected chi connectivity index (χ0v) is 15.1. The summed E-state index contributed by atoms with van der Waals surface area (Å²) in [6, 6.07) is -3.14. The first kappa shape index (κ1) is 22.6. The van der Waals surface area contributed by atoms with Crippen molar-refractivity contribution in [2.24, 2.45) is 16.0 Å². The molecular formula is C14H25N7O7. The topological polar surface area (TPSA) is 243 Å². The van der Waals surface area contributed by atoms with Gasteiger partial charge in [0.25, 0.3) is 0 Å². The highest BCUT2D eigenvalue weighted by Crippen LogP contribution is 2.36. The summed E-state index contributed by atoms with van der Waals surface area (Å²) in [5.74, 6) is 0. The quantitative estimate of drug-likeness (QED) is 0.171. The van der Waals surface area contributed by atoms with E-state index in [4.69, 9.17) is 26.3 Å². The van der Waals surface area contributed by atoms with Crippen molar-refractivity contribution < 1.29 is 35.0 Å². The summed E-state index contributed by atoms with van der Waals surface area (Å²) >= 11 is 0. The van der Waals surface area contributed by atoms with E-state index in [1.165, 1.54) is 6.92 Å². The third-order valence-electron chi connectivity index (χ3n) is 5.30. The van der Waals surface area contributed by atoms with Crippen LogP contribution in [0.2, 0.25) is 0 Å². The van der Waals surface area contributed by atoms with Gasteiger partial charge >= 0.3 is 0 Å². The number of azide groups is 2. The van der Waals surface area contributed by atoms with Crippen molar-refractivity contribution >= 4 is 0 Å². The summed E-state index contributed by atoms with van der Waals surface area (Å²) < 4.78 is 11.3. The summed E-state index contributed by atoms with van der Waals surface area (Å²) in [5, 5.41) is 57.5. The Kier molecular flexibility index (Phi) is 7.42. The number of hydrogen-bond donors (Lipinski definition) is 6. The molecule has 0 aromatic carbocycles. The Morgan fingerprint density at radius 1 is 1.25 bits per heavy atom. The molecule has 7 N–H and O–H groups in total. The second-order valence-corrected chi connectivity index (χ2v) is 7.11. The Labute approximate surface area is 159 Å². The lowest BCUT2D eigenvalue weighted by atomic mass is 9.84. The van der Waals surface area contributed by atoms with Gasteiger partial charge in [-0.1, -0.05) is 10.2 Å². The number of hydrogen-bond acceptors (Lipinski definition) is 10. The van der Waals surface area contributed by atoms with Gasteiger partial charge in [-0.25, -0.2) is 0 Å². The van der Waals surface area contributed by atoms with E-state index < -0.39 is 67.1 Å². The number of nitrogens with two attached hydrogens (primary N) is 1. The predicted molar refractivity (Wildman–Crippen MR) is 92.3 cm³/mol. The molecule has 158 valence electrons. The highest BCUT2D eigenvalue weighted by atomic mass is 16.7. The molecule has 0 aromatic heterocycles. The van der Waals surface area contributed by atoms with Crippen LogP contribution in [0.1, 0.15) is 19.8 Å². The van der Waals surface area contributed by atoms with Gasteiger partial charge in [0.1, 0.15) is 17.7 Å². The molecule has 0 spiro atoms. The first-order valence-electron chi connectivity index (χ1n) is 8.71. The highest BCUT2D eigenvalue weighted by molar-refractivity contribution is 5.02. The minimum atomic E-state index is -1.62. The van der Waals surface area contributed by atoms with Crippen molar-refractivity contribution in [2.45, 2.75) is 80.3 Å². The van der Waals surface area contributed by atoms with E-state index in [1.54, 1.807) is 0 Å². The monoisotopic (exact) mass is 403 g/mol. The van der Waals surface area contributed by atoms with E-state index in [-0.39, 0.29) is 12.8 Å². The molecule has 6 unspecified atom stereocenters. The molecule has 0 radical (unpaired) electrons. The largest absolute Gasteiger partial charge is 0.393 e. The van der Waals surface area contributed by atoms with E-state index in [9.17, 15) is 25.5 Å². The fourth-order valence-electron chi connectivity index (χ4n) is 3.54. The van der Waals surface area contributed by atoms with Crippen molar-refractivity contribution in [3.05, 3.63) is 20.9 Å². The minimum absolute atomic E-state index is 0.00401. The molecule has 0 aromatic rings. The van der Waals surface area contributed by atoms with Crippen LogP contribution >= 0.6 is 0 Å². The average molecular weight is 403 g/mol. The van der Waals surface area contributed by atoms with E-state index in [0.29, 0.717) is 0 Å². The van der Waals surface area contributed by atoms with E-state index in [0.717, 1.165) is 0 Å². The number of rotatable bonds is 6. The summed E-state index contributed by atoms with van der Waals surface area (Å²) in [6.07, 6.45) is -8.59. The molecule has 1 aliphatic heterocycles. The maximum atomic E-state index is 10.4. The first-order chi connectivity index (χ1) is 13.2. The summed E-state index contributed by atoms with van der Waals surface area (Å²) in [6.45, 7) is 0.667. The minimum Gasteiger partial charge on any atom is -0.393 e. The Bertz CT molecular complexity index is 642. The van der Waals surface area contributed by atoms with Gasteiger partial charge in [0.05, 0.1) is 37.1 Å². The van der Waals surface area contributed by atoms with Gasteiger partial charge in [-0.05, 0) is 24.4 Å². The Morgan fingerprint density at radius 3 is 2.43 bits per heavy atom. The van der Waals surface area contributed by atoms with Crippen LogP contribution in [0.5, 0.6) is 0 Å². The van der Waals surface area contributed by atoms with Gasteiger partial charge < -0.3 is 40.7 Å². The van der Waals surface area contributed by atoms with E-state index in [2.05, 4.69) is 20.1 Å². The van der Waals surface area contributed by atoms with Crippen molar-refractivity contribution in [2.75, 3.05) is 6.61 Å². The highest BCUT2D eigenvalue weighted by Gasteiger charge is 2.52. The lowest BCUT2D eigenvalue weighted by molar-refractivity contribution is -0.316. The normalized spacial score (nSPS) is 44.8. The van der Waals surface area contributed by atoms with Crippen LogP contribution in [0.25, 0.3) is 20.9 Å². The molecule has 1 aliphatic carbocycles. The lowest BCUT2D eigenvalue weighted by Gasteiger charge is -2.48. The van der Waals surface area contributed by atoms with Crippen molar-refractivity contribution in [3.63, 3.8) is 0 Å². The smallest absolute Gasteiger partial charge is 0.170 e. The first-order valence-corrected chi connectivity index (χ1v) is 8.71. The predicted octanol–water partition coefficient (Wildman–Crippen LogP) is -1.60. The SMILES string of the molecule is C[C@@H](O)C1(CO)CC(O)C(N=[N+]=[N-])[C@@H](O[C@@H]2C(N=[N+]=[N-])C[C@@H](N)C(O)C2O)O1. The molecule has 0 amide bonds. The van der Waals surface area contributed by atoms with E-state index >= 15 is 0 Å². The van der Waals surface area contributed by atoms with Crippen LogP contribution < -0.4 is 5.73 Å². The van der Waals surface area contributed by atoms with Gasteiger partial charge in [0.15, 0.2) is 6.29 Å². The average Bonchev–Trinajstić information content (AvgIpc) is 2.65. The zero-order valence-electron chi connectivity index (χ0n) is 15.1. The van der Waals surface area contributed by atoms with Crippen LogP contribution in [-0.4, -0.2) is 92.7 Å². The molecule has 10 atom stereocenters. The van der Waals surface area contributed by atoms with Gasteiger partial charge in [-0.3, -0.25) is 0 Å². The number of nitrogens with zero attached hydrogens (tertiary/aromatic N) is 6. The second kappa shape index (κ2) is 9.20. The van der Waals surface area contributed by atoms with E-state index in [1.807, 2.05) is 0 Å². The summed E-state index contributed by atoms with van der Waals surface area (Å²) in [7, 11) is 0. The molecule has 1 saturated carbocycles. The van der Waals surface area contributed by atoms with Crippen molar-refractivity contribution in [3.8, 4) is 0 Å². The Hall–Kier alpha value is -1.70. The molecule has 0 bridgehead atoms. The fraction of sp³-hybridized carbons (Fsp3) is 1.00. The van der Waals surface area contributed by atoms with Gasteiger partial charge in [-0.2, -0.15) is 0 Å². The molecule has 1 heterocycles. The third-order valence-corrected chi connectivity index (χ3v) is 5.30. The van der Waals surface area contributed by atoms with Crippen LogP contribution in [-0.2, 0) is 9.47 Å². The van der Waals surface area contributed by atoms with Crippen LogP contribution in [0.15, 0.2) is 10.2 Å². The third kappa shape index (κ3) is 4.31. The maximum absolute atomic E-state index is 10.4. The molecule has 2 fully saturated rings. The van der Waals surface area contributed by atoms with Crippen LogP contribution in [0.4, 0.5) is 0 Å². The van der Waals surface area contributed by atoms with Gasteiger partial charge in [-0.15, -0.1) is 0 Å². The van der Waals surface area contributed by atoms with Gasteiger partial charge in [0.2, 0.25) is 0 Å². The van der Waals surface area contributed by atoms with Crippen LogP contribution in [0, 0.1) is 0 Å². The lowest BCUT2D eigenvalue weighted by Crippen LogP contribution is -2.64. The standard InChI is InChI=1S/C14H25N7O7/c1-5(23)14(4-22)3-8(24)9(19-21-17)13(28-14)27-12-7(18-20-16)2-6(15)10(25)11(12)26/h5-13,22-26H,2-4,15H2,1H3/t5-,6-,7?,8?,9?,10?,11?,12-,13+,14?/m1/s1. The summed E-state index contributed by atoms with van der Waals surface area (Å²) in [4.78, 5) is 5.32. The second-order valence-electron chi connectivity index (χ2n) is 7.11. The number of aliphatic hydroxyl groups is 5. The van der Waals surface area contributed by atoms with Crippen molar-refractivity contribution in [1.82, 2.24) is 0 Å². The molecule has 2 rings (SSSR count). The van der Waals surface area contributed by atoms with Crippen molar-refractivity contribution in [1.29, 1.82) is 0 Å². The number of ether oxygens (including phenoxy) is 2. The fourth-order valence-corrected chi connectivity index (χ4v) is 3.54. The maximum Gasteiger partial charge on any atom is 0.170 e. The Balaban J connectivity index is 2.36. The van der Waals surface area contributed by atoms with Crippen LogP contribution in [0.3, 0.4) is 0 Å². The molecule has 1 saturated heterocycles.